The normalized spacial score (nSPS) is 12.3. The number of Topliss-reactive ketones (excluding diaryl/α,β-unsaturated/α-hetero) is 1. The number of rotatable bonds is 10. The molecule has 1 aromatic carbocycles. The van der Waals surface area contributed by atoms with Crippen LogP contribution < -0.4 is 10.3 Å². The van der Waals surface area contributed by atoms with Crippen LogP contribution in [0.3, 0.4) is 0 Å². The van der Waals surface area contributed by atoms with Gasteiger partial charge in [0.15, 0.2) is 5.52 Å². The number of aromatic nitrogens is 4. The number of hydrogen-bond donors (Lipinski definition) is 1. The molecule has 3 aromatic rings. The zero-order valence-corrected chi connectivity index (χ0v) is 18.2. The van der Waals surface area contributed by atoms with Crippen LogP contribution in [-0.2, 0) is 11.2 Å². The first-order valence-electron chi connectivity index (χ1n) is 10.6. The summed E-state index contributed by atoms with van der Waals surface area (Å²) >= 11 is 0. The van der Waals surface area contributed by atoms with E-state index >= 15 is 0 Å². The fraction of sp³-hybridized carbons (Fsp3) is 0.478. The van der Waals surface area contributed by atoms with E-state index in [0.717, 1.165) is 43.4 Å². The van der Waals surface area contributed by atoms with Crippen LogP contribution >= 0.6 is 0 Å². The minimum absolute atomic E-state index is 0.0529. The highest BCUT2D eigenvalue weighted by Crippen LogP contribution is 2.24. The van der Waals surface area contributed by atoms with E-state index in [1.54, 1.807) is 25.5 Å². The molecular formula is C23H30N4O3. The van der Waals surface area contributed by atoms with Crippen molar-refractivity contribution < 1.29 is 9.53 Å². The maximum absolute atomic E-state index is 12.8. The van der Waals surface area contributed by atoms with Crippen LogP contribution in [0, 0.1) is 6.92 Å². The molecular weight excluding hydrogens is 380 g/mol. The van der Waals surface area contributed by atoms with E-state index in [1.165, 1.54) is 0 Å². The largest absolute Gasteiger partial charge is 0.497 e. The maximum atomic E-state index is 12.8. The average molecular weight is 411 g/mol. The van der Waals surface area contributed by atoms with Gasteiger partial charge >= 0.3 is 0 Å². The molecule has 7 nitrogen and oxygen atoms in total. The molecule has 3 rings (SSSR count). The molecule has 0 saturated carbocycles. The van der Waals surface area contributed by atoms with E-state index < -0.39 is 0 Å². The number of ether oxygens (including phenoxy) is 1. The van der Waals surface area contributed by atoms with Crippen molar-refractivity contribution in [2.45, 2.75) is 65.2 Å². The SMILES string of the molecule is CCCCCCC(C(C)=O)c1nc(C)c2c(=O)[nH]c(Cc3ccc(OC)cc3)nn12. The Hall–Kier alpha value is -2.96. The molecule has 0 aliphatic rings. The van der Waals surface area contributed by atoms with Gasteiger partial charge in [-0.05, 0) is 38.0 Å². The van der Waals surface area contributed by atoms with E-state index in [-0.39, 0.29) is 17.3 Å². The monoisotopic (exact) mass is 410 g/mol. The van der Waals surface area contributed by atoms with Crippen LogP contribution in [-0.4, -0.2) is 32.5 Å². The van der Waals surface area contributed by atoms with Crippen molar-refractivity contribution >= 4 is 11.3 Å². The van der Waals surface area contributed by atoms with Crippen molar-refractivity contribution in [1.29, 1.82) is 0 Å². The topological polar surface area (TPSA) is 89.3 Å². The molecule has 0 spiro atoms. The lowest BCUT2D eigenvalue weighted by Crippen LogP contribution is -2.20. The molecule has 0 amide bonds. The summed E-state index contributed by atoms with van der Waals surface area (Å²) in [4.78, 5) is 32.6. The number of nitrogens with one attached hydrogen (secondary N) is 1. The van der Waals surface area contributed by atoms with Crippen LogP contribution in [0.25, 0.3) is 5.52 Å². The van der Waals surface area contributed by atoms with Gasteiger partial charge in [0.05, 0.1) is 18.7 Å². The summed E-state index contributed by atoms with van der Waals surface area (Å²) in [7, 11) is 1.62. The second kappa shape index (κ2) is 9.69. The number of aryl methyl sites for hydroxylation is 1. The van der Waals surface area contributed by atoms with Gasteiger partial charge in [-0.3, -0.25) is 9.59 Å². The number of H-pyrrole nitrogens is 1. The van der Waals surface area contributed by atoms with Gasteiger partial charge < -0.3 is 9.72 Å². The van der Waals surface area contributed by atoms with Crippen LogP contribution in [0.2, 0.25) is 0 Å². The van der Waals surface area contributed by atoms with Gasteiger partial charge in [0, 0.05) is 6.42 Å². The molecule has 0 aliphatic carbocycles. The molecule has 0 radical (unpaired) electrons. The Bertz CT molecular complexity index is 1070. The number of nitrogens with zero attached hydrogens (tertiary/aromatic N) is 3. The summed E-state index contributed by atoms with van der Waals surface area (Å²) in [5, 5.41) is 4.66. The second-order valence-electron chi connectivity index (χ2n) is 7.75. The molecule has 1 atom stereocenters. The van der Waals surface area contributed by atoms with E-state index in [2.05, 4.69) is 22.0 Å². The number of hydrogen-bond acceptors (Lipinski definition) is 5. The van der Waals surface area contributed by atoms with E-state index in [4.69, 9.17) is 4.74 Å². The highest BCUT2D eigenvalue weighted by atomic mass is 16.5. The van der Waals surface area contributed by atoms with Crippen molar-refractivity contribution in [3.63, 3.8) is 0 Å². The van der Waals surface area contributed by atoms with Crippen molar-refractivity contribution in [2.75, 3.05) is 7.11 Å². The lowest BCUT2D eigenvalue weighted by molar-refractivity contribution is -0.118. The minimum atomic E-state index is -0.355. The smallest absolute Gasteiger partial charge is 0.277 e. The first-order valence-corrected chi connectivity index (χ1v) is 10.6. The fourth-order valence-electron chi connectivity index (χ4n) is 3.77. The predicted octanol–water partition coefficient (Wildman–Crippen LogP) is 3.97. The number of ketones is 1. The molecule has 2 heterocycles. The Morgan fingerprint density at radius 3 is 2.57 bits per heavy atom. The third-order valence-corrected chi connectivity index (χ3v) is 5.43. The minimum Gasteiger partial charge on any atom is -0.497 e. The fourth-order valence-corrected chi connectivity index (χ4v) is 3.77. The lowest BCUT2D eigenvalue weighted by Gasteiger charge is -2.13. The van der Waals surface area contributed by atoms with E-state index in [1.807, 2.05) is 24.3 Å². The molecule has 1 unspecified atom stereocenters. The predicted molar refractivity (Wildman–Crippen MR) is 116 cm³/mol. The Morgan fingerprint density at radius 1 is 1.20 bits per heavy atom. The average Bonchev–Trinajstić information content (AvgIpc) is 3.04. The Kier molecular flexibility index (Phi) is 7.03. The highest BCUT2D eigenvalue weighted by molar-refractivity contribution is 5.82. The number of carbonyl (C=O) groups excluding carboxylic acids is 1. The van der Waals surface area contributed by atoms with Crippen LogP contribution in [0.4, 0.5) is 0 Å². The molecule has 0 bridgehead atoms. The van der Waals surface area contributed by atoms with E-state index in [0.29, 0.717) is 29.3 Å². The standard InChI is InChI=1S/C23H30N4O3/c1-5-6-7-8-9-19(16(3)28)22-24-15(2)21-23(29)25-20(26-27(21)22)14-17-10-12-18(30-4)13-11-17/h10-13,19H,5-9,14H2,1-4H3,(H,25,26,29). The maximum Gasteiger partial charge on any atom is 0.277 e. The van der Waals surface area contributed by atoms with Gasteiger partial charge in [0.1, 0.15) is 23.2 Å². The highest BCUT2D eigenvalue weighted by Gasteiger charge is 2.25. The first kappa shape index (κ1) is 21.7. The van der Waals surface area contributed by atoms with Gasteiger partial charge in [-0.2, -0.15) is 5.10 Å². The van der Waals surface area contributed by atoms with Crippen molar-refractivity contribution in [3.8, 4) is 5.75 Å². The van der Waals surface area contributed by atoms with E-state index in [9.17, 15) is 9.59 Å². The van der Waals surface area contributed by atoms with Gasteiger partial charge in [-0.15, -0.1) is 0 Å². The van der Waals surface area contributed by atoms with Crippen molar-refractivity contribution in [2.24, 2.45) is 0 Å². The summed E-state index contributed by atoms with van der Waals surface area (Å²) in [6.07, 6.45) is 5.51. The van der Waals surface area contributed by atoms with Gasteiger partial charge in [0.2, 0.25) is 0 Å². The van der Waals surface area contributed by atoms with Gasteiger partial charge in [-0.1, -0.05) is 44.7 Å². The van der Waals surface area contributed by atoms with Crippen LogP contribution in [0.15, 0.2) is 29.1 Å². The summed E-state index contributed by atoms with van der Waals surface area (Å²) in [6.45, 7) is 5.54. The third-order valence-electron chi connectivity index (χ3n) is 5.43. The number of aromatic amines is 1. The number of methoxy groups -OCH3 is 1. The Labute approximate surface area is 176 Å². The summed E-state index contributed by atoms with van der Waals surface area (Å²) < 4.78 is 6.78. The van der Waals surface area contributed by atoms with Crippen LogP contribution in [0.5, 0.6) is 5.75 Å². The second-order valence-corrected chi connectivity index (χ2v) is 7.75. The first-order chi connectivity index (χ1) is 14.4. The van der Waals surface area contributed by atoms with Gasteiger partial charge in [-0.25, -0.2) is 9.50 Å². The van der Waals surface area contributed by atoms with Gasteiger partial charge in [0.25, 0.3) is 5.56 Å². The number of unbranched alkanes of at least 4 members (excludes halogenated alkanes) is 3. The Morgan fingerprint density at radius 2 is 1.93 bits per heavy atom. The quantitative estimate of drug-likeness (QED) is 0.511. The molecule has 1 N–H and O–H groups in total. The summed E-state index contributed by atoms with van der Waals surface area (Å²) in [6, 6.07) is 7.63. The molecule has 160 valence electrons. The molecule has 0 fully saturated rings. The molecule has 30 heavy (non-hydrogen) atoms. The summed E-state index contributed by atoms with van der Waals surface area (Å²) in [5.41, 5.74) is 1.76. The molecule has 0 saturated heterocycles. The molecule has 7 heteroatoms. The number of imidazole rings is 1. The zero-order valence-electron chi connectivity index (χ0n) is 18.2. The zero-order chi connectivity index (χ0) is 21.7. The van der Waals surface area contributed by atoms with Crippen molar-refractivity contribution in [1.82, 2.24) is 19.6 Å². The third kappa shape index (κ3) is 4.78. The lowest BCUT2D eigenvalue weighted by atomic mass is 9.96. The number of benzene rings is 1. The molecule has 0 aliphatic heterocycles. The number of carbonyl (C=O) groups is 1. The summed E-state index contributed by atoms with van der Waals surface area (Å²) in [5.74, 6) is 1.57. The van der Waals surface area contributed by atoms with Crippen LogP contribution in [0.1, 0.15) is 74.8 Å². The number of fused-ring (bicyclic) bond motifs is 1. The van der Waals surface area contributed by atoms with Crippen molar-refractivity contribution in [3.05, 3.63) is 57.5 Å². The Balaban J connectivity index is 1.96. The molecule has 2 aromatic heterocycles.